The van der Waals surface area contributed by atoms with Crippen molar-refractivity contribution in [2.75, 3.05) is 0 Å². The average Bonchev–Trinajstić information content (AvgIpc) is 1.63. The van der Waals surface area contributed by atoms with Crippen molar-refractivity contribution in [1.29, 1.82) is 0 Å². The summed E-state index contributed by atoms with van der Waals surface area (Å²) >= 11 is 0. The fraction of sp³-hybridized carbons (Fsp3) is 0.714. The van der Waals surface area contributed by atoms with E-state index in [1.807, 2.05) is 13.8 Å². The number of halogens is 1. The van der Waals surface area contributed by atoms with Crippen molar-refractivity contribution in [1.82, 2.24) is 0 Å². The van der Waals surface area contributed by atoms with Crippen molar-refractivity contribution in [3.8, 4) is 0 Å². The zero-order valence-electron chi connectivity index (χ0n) is 6.36. The lowest BCUT2D eigenvalue weighted by atomic mass is 10.4. The molecule has 0 spiro atoms. The Morgan fingerprint density at radius 3 is 1.89 bits per heavy atom. The van der Waals surface area contributed by atoms with Crippen LogP contribution >= 0.6 is 0 Å². The molecule has 0 amide bonds. The molecule has 0 bridgehead atoms. The van der Waals surface area contributed by atoms with E-state index in [0.29, 0.717) is 5.76 Å². The molecule has 54 valence electrons. The van der Waals surface area contributed by atoms with Gasteiger partial charge in [0.15, 0.2) is 0 Å². The van der Waals surface area contributed by atoms with Crippen molar-refractivity contribution in [3.05, 3.63) is 11.6 Å². The number of rotatable bonds is 2. The lowest BCUT2D eigenvalue weighted by Crippen LogP contribution is -2.00. The van der Waals surface area contributed by atoms with Crippen LogP contribution in [0.3, 0.4) is 0 Å². The van der Waals surface area contributed by atoms with Gasteiger partial charge in [-0.2, -0.15) is 0 Å². The Labute approximate surface area is 55.5 Å². The molecule has 0 rings (SSSR count). The molecule has 0 aromatic heterocycles. The van der Waals surface area contributed by atoms with Gasteiger partial charge in [0.25, 0.3) is 0 Å². The molecule has 0 saturated carbocycles. The van der Waals surface area contributed by atoms with Crippen molar-refractivity contribution < 1.29 is 9.13 Å². The Hall–Kier alpha value is -0.530. The second-order valence-corrected chi connectivity index (χ2v) is 2.26. The number of hydrogen-bond acceptors (Lipinski definition) is 1. The maximum Gasteiger partial charge on any atom is 0.134 e. The molecule has 0 radical (unpaired) electrons. The first-order valence-electron chi connectivity index (χ1n) is 3.03. The lowest BCUT2D eigenvalue weighted by molar-refractivity contribution is 0.141. The van der Waals surface area contributed by atoms with Gasteiger partial charge in [0.1, 0.15) is 11.6 Å². The summed E-state index contributed by atoms with van der Waals surface area (Å²) in [6, 6.07) is 0. The third-order valence-electron chi connectivity index (χ3n) is 0.898. The third-order valence-corrected chi connectivity index (χ3v) is 0.898. The standard InChI is InChI=1S/C7H13FO/c1-5(2)9-7(4)6(3)8/h5H,1-4H3/b7-6+. The van der Waals surface area contributed by atoms with Gasteiger partial charge in [-0.3, -0.25) is 0 Å². The van der Waals surface area contributed by atoms with Crippen molar-refractivity contribution in [3.63, 3.8) is 0 Å². The number of ether oxygens (including phenoxy) is 1. The van der Waals surface area contributed by atoms with Crippen LogP contribution in [0.25, 0.3) is 0 Å². The van der Waals surface area contributed by atoms with Gasteiger partial charge >= 0.3 is 0 Å². The molecule has 0 N–H and O–H groups in total. The fourth-order valence-electron chi connectivity index (χ4n) is 0.435. The quantitative estimate of drug-likeness (QED) is 0.525. The molecule has 2 heteroatoms. The van der Waals surface area contributed by atoms with E-state index in [1.165, 1.54) is 6.92 Å². The smallest absolute Gasteiger partial charge is 0.134 e. The Morgan fingerprint density at radius 2 is 1.78 bits per heavy atom. The van der Waals surface area contributed by atoms with E-state index in [2.05, 4.69) is 0 Å². The molecule has 9 heavy (non-hydrogen) atoms. The zero-order valence-corrected chi connectivity index (χ0v) is 6.36. The summed E-state index contributed by atoms with van der Waals surface area (Å²) < 4.78 is 17.2. The van der Waals surface area contributed by atoms with E-state index < -0.39 is 0 Å². The molecule has 1 nitrogen and oxygen atoms in total. The van der Waals surface area contributed by atoms with Crippen molar-refractivity contribution in [2.24, 2.45) is 0 Å². The molecular formula is C7H13FO. The highest BCUT2D eigenvalue weighted by Gasteiger charge is 1.97. The summed E-state index contributed by atoms with van der Waals surface area (Å²) in [6.45, 7) is 6.74. The minimum Gasteiger partial charge on any atom is -0.493 e. The van der Waals surface area contributed by atoms with E-state index in [1.54, 1.807) is 6.92 Å². The predicted octanol–water partition coefficient (Wildman–Crippen LogP) is 2.63. The molecular weight excluding hydrogens is 119 g/mol. The van der Waals surface area contributed by atoms with E-state index in [-0.39, 0.29) is 11.9 Å². The first-order chi connectivity index (χ1) is 4.04. The third kappa shape index (κ3) is 4.01. The van der Waals surface area contributed by atoms with Crippen LogP contribution in [0.1, 0.15) is 27.7 Å². The van der Waals surface area contributed by atoms with E-state index in [4.69, 9.17) is 4.74 Å². The van der Waals surface area contributed by atoms with Crippen LogP contribution < -0.4 is 0 Å². The van der Waals surface area contributed by atoms with Crippen molar-refractivity contribution in [2.45, 2.75) is 33.8 Å². The summed E-state index contributed by atoms with van der Waals surface area (Å²) in [4.78, 5) is 0. The molecule has 0 unspecified atom stereocenters. The molecule has 0 fully saturated rings. The molecule has 0 saturated heterocycles. The Kier molecular flexibility index (Phi) is 3.28. The Bertz CT molecular complexity index is 112. The van der Waals surface area contributed by atoms with Crippen molar-refractivity contribution >= 4 is 0 Å². The zero-order chi connectivity index (χ0) is 7.44. The summed E-state index contributed by atoms with van der Waals surface area (Å²) in [5, 5.41) is 0. The summed E-state index contributed by atoms with van der Waals surface area (Å²) in [7, 11) is 0. The first-order valence-corrected chi connectivity index (χ1v) is 3.03. The second-order valence-electron chi connectivity index (χ2n) is 2.26. The highest BCUT2D eigenvalue weighted by Crippen LogP contribution is 2.07. The Morgan fingerprint density at radius 1 is 1.33 bits per heavy atom. The van der Waals surface area contributed by atoms with E-state index >= 15 is 0 Å². The van der Waals surface area contributed by atoms with Gasteiger partial charge in [-0.1, -0.05) is 0 Å². The van der Waals surface area contributed by atoms with Gasteiger partial charge < -0.3 is 4.74 Å². The maximum absolute atomic E-state index is 12.2. The first kappa shape index (κ1) is 8.47. The molecule has 0 aromatic rings. The average molecular weight is 132 g/mol. The van der Waals surface area contributed by atoms with Crippen LogP contribution in [-0.4, -0.2) is 6.10 Å². The highest BCUT2D eigenvalue weighted by atomic mass is 19.1. The lowest BCUT2D eigenvalue weighted by Gasteiger charge is -2.08. The normalized spacial score (nSPS) is 13.6. The summed E-state index contributed by atoms with van der Waals surface area (Å²) in [5.74, 6) is 0.133. The second kappa shape index (κ2) is 3.49. The minimum absolute atomic E-state index is 0.0655. The van der Waals surface area contributed by atoms with E-state index in [0.717, 1.165) is 0 Å². The van der Waals surface area contributed by atoms with Crippen LogP contribution in [0.2, 0.25) is 0 Å². The SMILES string of the molecule is C/C(F)=C(/C)OC(C)C. The van der Waals surface area contributed by atoms with Gasteiger partial charge in [-0.05, 0) is 27.7 Å². The monoisotopic (exact) mass is 132 g/mol. The summed E-state index contributed by atoms with van der Waals surface area (Å²) in [5.41, 5.74) is 0. The van der Waals surface area contributed by atoms with Crippen LogP contribution in [0, 0.1) is 0 Å². The molecule has 0 atom stereocenters. The number of allylic oxidation sites excluding steroid dienone is 2. The van der Waals surface area contributed by atoms with Crippen LogP contribution in [0.4, 0.5) is 4.39 Å². The largest absolute Gasteiger partial charge is 0.493 e. The van der Waals surface area contributed by atoms with E-state index in [9.17, 15) is 4.39 Å². The van der Waals surface area contributed by atoms with Crippen LogP contribution in [0.5, 0.6) is 0 Å². The molecule has 0 aliphatic carbocycles. The van der Waals surface area contributed by atoms with Gasteiger partial charge in [-0.25, -0.2) is 4.39 Å². The molecule has 0 aromatic carbocycles. The number of hydrogen-bond donors (Lipinski definition) is 0. The van der Waals surface area contributed by atoms with Gasteiger partial charge in [0.05, 0.1) is 6.10 Å². The highest BCUT2D eigenvalue weighted by molar-refractivity contribution is 4.93. The fourth-order valence-corrected chi connectivity index (χ4v) is 0.435. The van der Waals surface area contributed by atoms with Gasteiger partial charge in [0.2, 0.25) is 0 Å². The van der Waals surface area contributed by atoms with Crippen LogP contribution in [0.15, 0.2) is 11.6 Å². The Balaban J connectivity index is 3.77. The topological polar surface area (TPSA) is 9.23 Å². The predicted molar refractivity (Wildman–Crippen MR) is 35.7 cm³/mol. The summed E-state index contributed by atoms with van der Waals surface area (Å²) in [6.07, 6.45) is 0.0655. The van der Waals surface area contributed by atoms with Gasteiger partial charge in [-0.15, -0.1) is 0 Å². The molecule has 0 heterocycles. The molecule has 0 aliphatic heterocycles. The maximum atomic E-state index is 12.2. The minimum atomic E-state index is -0.247. The van der Waals surface area contributed by atoms with Crippen LogP contribution in [-0.2, 0) is 4.74 Å². The molecule has 0 aliphatic rings. The van der Waals surface area contributed by atoms with Gasteiger partial charge in [0, 0.05) is 0 Å².